The van der Waals surface area contributed by atoms with Gasteiger partial charge in [-0.1, -0.05) is 41.9 Å². The molecule has 0 aliphatic rings. The highest BCUT2D eigenvalue weighted by Crippen LogP contribution is 2.20. The summed E-state index contributed by atoms with van der Waals surface area (Å²) in [4.78, 5) is 0. The summed E-state index contributed by atoms with van der Waals surface area (Å²) in [5, 5.41) is 0.621. The Morgan fingerprint density at radius 2 is 1.78 bits per heavy atom. The van der Waals surface area contributed by atoms with E-state index in [1.807, 2.05) is 30.3 Å². The van der Waals surface area contributed by atoms with Crippen LogP contribution >= 0.6 is 11.6 Å². The van der Waals surface area contributed by atoms with Crippen molar-refractivity contribution in [2.45, 2.75) is 11.5 Å². The van der Waals surface area contributed by atoms with E-state index < -0.39 is 10.8 Å². The van der Waals surface area contributed by atoms with E-state index in [2.05, 4.69) is 0 Å². The maximum atomic E-state index is 12.1. The van der Waals surface area contributed by atoms with Crippen LogP contribution < -0.4 is 5.73 Å². The van der Waals surface area contributed by atoms with E-state index in [9.17, 15) is 4.21 Å². The summed E-state index contributed by atoms with van der Waals surface area (Å²) in [6.07, 6.45) is 0. The molecule has 1 unspecified atom stereocenters. The monoisotopic (exact) mass is 279 g/mol. The van der Waals surface area contributed by atoms with Crippen molar-refractivity contribution in [1.29, 1.82) is 0 Å². The molecule has 0 saturated carbocycles. The molecule has 0 aliphatic carbocycles. The Bertz CT molecular complexity index is 557. The Hall–Kier alpha value is -1.32. The van der Waals surface area contributed by atoms with Gasteiger partial charge in [-0.15, -0.1) is 0 Å². The highest BCUT2D eigenvalue weighted by molar-refractivity contribution is 7.83. The van der Waals surface area contributed by atoms with Crippen LogP contribution in [0.5, 0.6) is 0 Å². The highest BCUT2D eigenvalue weighted by Gasteiger charge is 2.06. The molecule has 2 aromatic rings. The van der Waals surface area contributed by atoms with Gasteiger partial charge >= 0.3 is 0 Å². The molecule has 0 amide bonds. The van der Waals surface area contributed by atoms with Crippen LogP contribution in [0.15, 0.2) is 48.5 Å². The van der Waals surface area contributed by atoms with Gasteiger partial charge in [0.15, 0.2) is 0 Å². The summed E-state index contributed by atoms with van der Waals surface area (Å²) >= 11 is 5.91. The van der Waals surface area contributed by atoms with Crippen LogP contribution in [0.4, 0.5) is 5.69 Å². The van der Waals surface area contributed by atoms with E-state index in [4.69, 9.17) is 17.3 Å². The SMILES string of the molecule is Nc1ccc(Cl)cc1CS(=O)Cc1ccccc1. The molecule has 2 aromatic carbocycles. The van der Waals surface area contributed by atoms with E-state index in [-0.39, 0.29) is 0 Å². The lowest BCUT2D eigenvalue weighted by Gasteiger charge is -2.06. The maximum absolute atomic E-state index is 12.1. The lowest BCUT2D eigenvalue weighted by molar-refractivity contribution is 0.682. The molecule has 4 heteroatoms. The Balaban J connectivity index is 2.05. The van der Waals surface area contributed by atoms with Gasteiger partial charge in [-0.3, -0.25) is 4.21 Å². The van der Waals surface area contributed by atoms with Gasteiger partial charge in [0.25, 0.3) is 0 Å². The van der Waals surface area contributed by atoms with Crippen molar-refractivity contribution in [3.63, 3.8) is 0 Å². The smallest absolute Gasteiger partial charge is 0.0509 e. The molecular formula is C14H14ClNOS. The standard InChI is InChI=1S/C14H14ClNOS/c15-13-6-7-14(16)12(8-13)10-18(17)9-11-4-2-1-3-5-11/h1-8H,9-10,16H2. The van der Waals surface area contributed by atoms with Crippen molar-refractivity contribution in [3.05, 3.63) is 64.7 Å². The van der Waals surface area contributed by atoms with Crippen LogP contribution in [0.3, 0.4) is 0 Å². The molecule has 0 radical (unpaired) electrons. The molecule has 94 valence electrons. The van der Waals surface area contributed by atoms with Crippen molar-refractivity contribution in [3.8, 4) is 0 Å². The fourth-order valence-corrected chi connectivity index (χ4v) is 3.14. The van der Waals surface area contributed by atoms with E-state index in [1.54, 1.807) is 18.2 Å². The van der Waals surface area contributed by atoms with Crippen LogP contribution in [0, 0.1) is 0 Å². The number of rotatable bonds is 4. The molecular weight excluding hydrogens is 266 g/mol. The molecule has 2 rings (SSSR count). The second kappa shape index (κ2) is 6.03. The van der Waals surface area contributed by atoms with E-state index in [1.165, 1.54) is 0 Å². The number of hydrogen-bond donors (Lipinski definition) is 1. The number of hydrogen-bond acceptors (Lipinski definition) is 2. The highest BCUT2D eigenvalue weighted by atomic mass is 35.5. The largest absolute Gasteiger partial charge is 0.398 e. The second-order valence-corrected chi connectivity index (χ2v) is 5.95. The van der Waals surface area contributed by atoms with Crippen LogP contribution in [-0.2, 0) is 22.3 Å². The third-order valence-electron chi connectivity index (χ3n) is 2.59. The number of benzene rings is 2. The zero-order valence-electron chi connectivity index (χ0n) is 9.80. The normalized spacial score (nSPS) is 12.3. The molecule has 1 atom stereocenters. The first-order valence-electron chi connectivity index (χ1n) is 5.58. The summed E-state index contributed by atoms with van der Waals surface area (Å²) in [6, 6.07) is 15.0. The van der Waals surface area contributed by atoms with Crippen molar-refractivity contribution in [1.82, 2.24) is 0 Å². The number of nitrogens with two attached hydrogens (primary N) is 1. The molecule has 0 heterocycles. The summed E-state index contributed by atoms with van der Waals surface area (Å²) in [5.41, 5.74) is 8.39. The van der Waals surface area contributed by atoms with Crippen molar-refractivity contribution in [2.24, 2.45) is 0 Å². The van der Waals surface area contributed by atoms with Gasteiger partial charge < -0.3 is 5.73 Å². The van der Waals surface area contributed by atoms with Crippen LogP contribution in [0.1, 0.15) is 11.1 Å². The molecule has 2 N–H and O–H groups in total. The summed E-state index contributed by atoms with van der Waals surface area (Å²) in [5.74, 6) is 0.966. The minimum atomic E-state index is -0.979. The summed E-state index contributed by atoms with van der Waals surface area (Å²) in [6.45, 7) is 0. The van der Waals surface area contributed by atoms with Gasteiger partial charge in [-0.05, 0) is 29.3 Å². The van der Waals surface area contributed by atoms with Crippen LogP contribution in [0.2, 0.25) is 5.02 Å². The van der Waals surface area contributed by atoms with Gasteiger partial charge in [0.05, 0.1) is 5.75 Å². The lowest BCUT2D eigenvalue weighted by Crippen LogP contribution is -2.02. The van der Waals surface area contributed by atoms with Gasteiger partial charge in [0.2, 0.25) is 0 Å². The lowest BCUT2D eigenvalue weighted by atomic mass is 10.2. The summed E-state index contributed by atoms with van der Waals surface area (Å²) in [7, 11) is -0.979. The predicted octanol–water partition coefficient (Wildman–Crippen LogP) is 3.37. The van der Waals surface area contributed by atoms with Crippen molar-refractivity contribution in [2.75, 3.05) is 5.73 Å². The Morgan fingerprint density at radius 1 is 1.06 bits per heavy atom. The van der Waals surface area contributed by atoms with Gasteiger partial charge in [0, 0.05) is 27.3 Å². The fraction of sp³-hybridized carbons (Fsp3) is 0.143. The van der Waals surface area contributed by atoms with Gasteiger partial charge in [0.1, 0.15) is 0 Å². The Labute approximate surface area is 114 Å². The Morgan fingerprint density at radius 3 is 2.50 bits per heavy atom. The first-order chi connectivity index (χ1) is 8.65. The van der Waals surface area contributed by atoms with E-state index in [0.717, 1.165) is 11.1 Å². The minimum absolute atomic E-state index is 0.432. The zero-order chi connectivity index (χ0) is 13.0. The fourth-order valence-electron chi connectivity index (χ4n) is 1.68. The van der Waals surface area contributed by atoms with Gasteiger partial charge in [-0.25, -0.2) is 0 Å². The average molecular weight is 280 g/mol. The second-order valence-electron chi connectivity index (χ2n) is 4.06. The van der Waals surface area contributed by atoms with E-state index in [0.29, 0.717) is 22.2 Å². The molecule has 0 aliphatic heterocycles. The predicted molar refractivity (Wildman–Crippen MR) is 77.9 cm³/mol. The molecule has 18 heavy (non-hydrogen) atoms. The minimum Gasteiger partial charge on any atom is -0.398 e. The van der Waals surface area contributed by atoms with Gasteiger partial charge in [-0.2, -0.15) is 0 Å². The molecule has 0 bridgehead atoms. The topological polar surface area (TPSA) is 43.1 Å². The summed E-state index contributed by atoms with van der Waals surface area (Å²) < 4.78 is 12.1. The van der Waals surface area contributed by atoms with Crippen LogP contribution in [0.25, 0.3) is 0 Å². The maximum Gasteiger partial charge on any atom is 0.0509 e. The van der Waals surface area contributed by atoms with Crippen LogP contribution in [-0.4, -0.2) is 4.21 Å². The third-order valence-corrected chi connectivity index (χ3v) is 4.12. The number of halogens is 1. The number of nitrogen functional groups attached to an aromatic ring is 1. The zero-order valence-corrected chi connectivity index (χ0v) is 11.4. The Kier molecular flexibility index (Phi) is 4.39. The molecule has 0 spiro atoms. The van der Waals surface area contributed by atoms with Crippen molar-refractivity contribution >= 4 is 28.1 Å². The average Bonchev–Trinajstić information content (AvgIpc) is 2.35. The molecule has 0 fully saturated rings. The first-order valence-corrected chi connectivity index (χ1v) is 7.44. The first kappa shape index (κ1) is 13.1. The molecule has 0 saturated heterocycles. The van der Waals surface area contributed by atoms with E-state index >= 15 is 0 Å². The molecule has 2 nitrogen and oxygen atoms in total. The molecule has 0 aromatic heterocycles. The third kappa shape index (κ3) is 3.59. The quantitative estimate of drug-likeness (QED) is 0.872. The van der Waals surface area contributed by atoms with Crippen molar-refractivity contribution < 1.29 is 4.21 Å². The number of anilines is 1.